The fourth-order valence-electron chi connectivity index (χ4n) is 1.91. The second kappa shape index (κ2) is 7.82. The molecule has 0 radical (unpaired) electrons. The van der Waals surface area contributed by atoms with E-state index in [-0.39, 0.29) is 12.4 Å². The van der Waals surface area contributed by atoms with Crippen molar-refractivity contribution < 1.29 is 19.1 Å². The van der Waals surface area contributed by atoms with Gasteiger partial charge in [0.15, 0.2) is 0 Å². The highest BCUT2D eigenvalue weighted by Gasteiger charge is 2.15. The topological polar surface area (TPSA) is 64.6 Å². The first kappa shape index (κ1) is 18.0. The first-order valence-corrected chi connectivity index (χ1v) is 7.41. The van der Waals surface area contributed by atoms with Crippen LogP contribution in [-0.4, -0.2) is 24.2 Å². The number of esters is 1. The number of carbonyl (C=O) groups is 2. The van der Waals surface area contributed by atoms with E-state index in [0.29, 0.717) is 18.7 Å². The maximum absolute atomic E-state index is 11.7. The Labute approximate surface area is 132 Å². The van der Waals surface area contributed by atoms with Crippen molar-refractivity contribution in [3.05, 3.63) is 29.3 Å². The molecule has 0 heterocycles. The van der Waals surface area contributed by atoms with Crippen molar-refractivity contribution >= 4 is 12.1 Å². The van der Waals surface area contributed by atoms with Gasteiger partial charge in [0.1, 0.15) is 11.4 Å². The average molecular weight is 307 g/mol. The van der Waals surface area contributed by atoms with Crippen molar-refractivity contribution in [2.45, 2.75) is 53.1 Å². The van der Waals surface area contributed by atoms with Crippen LogP contribution in [0.15, 0.2) is 18.2 Å². The zero-order valence-electron chi connectivity index (χ0n) is 14.0. The summed E-state index contributed by atoms with van der Waals surface area (Å²) in [6.45, 7) is 9.68. The number of hydrogen-bond donors (Lipinski definition) is 1. The summed E-state index contributed by atoms with van der Waals surface area (Å²) in [4.78, 5) is 23.2. The molecule has 0 aliphatic heterocycles. The van der Waals surface area contributed by atoms with Crippen LogP contribution in [0, 0.1) is 13.8 Å². The summed E-state index contributed by atoms with van der Waals surface area (Å²) in [5.74, 6) is 0.249. The van der Waals surface area contributed by atoms with Gasteiger partial charge in [0.05, 0.1) is 0 Å². The summed E-state index contributed by atoms with van der Waals surface area (Å²) >= 11 is 0. The highest BCUT2D eigenvalue weighted by molar-refractivity contribution is 5.72. The Bertz CT molecular complexity index is 512. The van der Waals surface area contributed by atoms with Crippen LogP contribution in [0.2, 0.25) is 0 Å². The number of amides is 1. The summed E-state index contributed by atoms with van der Waals surface area (Å²) in [5, 5.41) is 2.61. The normalized spacial score (nSPS) is 11.0. The fourth-order valence-corrected chi connectivity index (χ4v) is 1.91. The fraction of sp³-hybridized carbons (Fsp3) is 0.529. The predicted octanol–water partition coefficient (Wildman–Crippen LogP) is 3.51. The Hall–Kier alpha value is -2.04. The summed E-state index contributed by atoms with van der Waals surface area (Å²) in [5.41, 5.74) is 1.58. The lowest BCUT2D eigenvalue weighted by molar-refractivity contribution is -0.134. The van der Waals surface area contributed by atoms with E-state index in [9.17, 15) is 9.59 Å². The number of hydrogen-bond acceptors (Lipinski definition) is 4. The van der Waals surface area contributed by atoms with Gasteiger partial charge in [0.2, 0.25) is 0 Å². The number of aryl methyl sites for hydroxylation is 2. The minimum Gasteiger partial charge on any atom is -0.444 e. The number of ether oxygens (including phenoxy) is 2. The summed E-state index contributed by atoms with van der Waals surface area (Å²) in [6, 6.07) is 5.66. The Morgan fingerprint density at radius 3 is 2.23 bits per heavy atom. The minimum absolute atomic E-state index is 0.239. The molecule has 1 amide bonds. The van der Waals surface area contributed by atoms with Gasteiger partial charge in [-0.3, -0.25) is 4.79 Å². The molecule has 1 rings (SSSR count). The number of carbonyl (C=O) groups excluding carboxylic acids is 2. The van der Waals surface area contributed by atoms with Crippen LogP contribution in [0.1, 0.15) is 44.7 Å². The van der Waals surface area contributed by atoms with E-state index < -0.39 is 11.7 Å². The molecule has 122 valence electrons. The zero-order chi connectivity index (χ0) is 16.8. The van der Waals surface area contributed by atoms with Crippen molar-refractivity contribution in [2.24, 2.45) is 0 Å². The molecule has 0 spiro atoms. The van der Waals surface area contributed by atoms with Gasteiger partial charge < -0.3 is 14.8 Å². The second-order valence-electron chi connectivity index (χ2n) is 6.33. The molecule has 0 atom stereocenters. The third-order valence-corrected chi connectivity index (χ3v) is 2.65. The van der Waals surface area contributed by atoms with Crippen molar-refractivity contribution in [1.29, 1.82) is 0 Å². The van der Waals surface area contributed by atoms with Gasteiger partial charge in [0.25, 0.3) is 0 Å². The van der Waals surface area contributed by atoms with Gasteiger partial charge in [-0.05, 0) is 64.3 Å². The van der Waals surface area contributed by atoms with Crippen LogP contribution in [0.25, 0.3) is 0 Å². The molecule has 0 aliphatic carbocycles. The van der Waals surface area contributed by atoms with Gasteiger partial charge in [-0.15, -0.1) is 0 Å². The molecule has 0 saturated carbocycles. The van der Waals surface area contributed by atoms with Crippen LogP contribution < -0.4 is 10.1 Å². The van der Waals surface area contributed by atoms with Crippen LogP contribution in [-0.2, 0) is 9.53 Å². The van der Waals surface area contributed by atoms with E-state index in [2.05, 4.69) is 5.32 Å². The molecule has 22 heavy (non-hydrogen) atoms. The van der Waals surface area contributed by atoms with E-state index in [1.54, 1.807) is 20.8 Å². The maximum Gasteiger partial charge on any atom is 0.407 e. The monoisotopic (exact) mass is 307 g/mol. The standard InChI is InChI=1S/C17H25NO4/c1-12-9-13(2)11-14(10-12)21-15(19)7-6-8-18-16(20)22-17(3,4)5/h9-11H,6-8H2,1-5H3,(H,18,20). The van der Waals surface area contributed by atoms with Crippen molar-refractivity contribution in [2.75, 3.05) is 6.54 Å². The molecule has 0 unspecified atom stereocenters. The first-order chi connectivity index (χ1) is 10.2. The molecule has 1 aromatic rings. The highest BCUT2D eigenvalue weighted by Crippen LogP contribution is 2.16. The van der Waals surface area contributed by atoms with Crippen LogP contribution >= 0.6 is 0 Å². The molecule has 1 aromatic carbocycles. The van der Waals surface area contributed by atoms with Gasteiger partial charge in [0, 0.05) is 13.0 Å². The van der Waals surface area contributed by atoms with Gasteiger partial charge >= 0.3 is 12.1 Å². The summed E-state index contributed by atoms with van der Waals surface area (Å²) < 4.78 is 10.4. The Kier molecular flexibility index (Phi) is 6.40. The summed E-state index contributed by atoms with van der Waals surface area (Å²) in [7, 11) is 0. The predicted molar refractivity (Wildman–Crippen MR) is 85.0 cm³/mol. The molecule has 0 aliphatic rings. The van der Waals surface area contributed by atoms with E-state index in [1.165, 1.54) is 0 Å². The second-order valence-corrected chi connectivity index (χ2v) is 6.33. The summed E-state index contributed by atoms with van der Waals surface area (Å²) in [6.07, 6.45) is 0.265. The Balaban J connectivity index is 2.28. The largest absolute Gasteiger partial charge is 0.444 e. The van der Waals surface area contributed by atoms with Crippen LogP contribution in [0.3, 0.4) is 0 Å². The molecule has 0 saturated heterocycles. The van der Waals surface area contributed by atoms with Gasteiger partial charge in [-0.2, -0.15) is 0 Å². The number of rotatable bonds is 5. The van der Waals surface area contributed by atoms with Gasteiger partial charge in [-0.25, -0.2) is 4.79 Å². The lowest BCUT2D eigenvalue weighted by Crippen LogP contribution is -2.33. The van der Waals surface area contributed by atoms with Crippen LogP contribution in [0.4, 0.5) is 4.79 Å². The number of nitrogens with one attached hydrogen (secondary N) is 1. The zero-order valence-corrected chi connectivity index (χ0v) is 14.0. The molecule has 5 nitrogen and oxygen atoms in total. The van der Waals surface area contributed by atoms with E-state index >= 15 is 0 Å². The minimum atomic E-state index is -0.522. The molecule has 0 aromatic heterocycles. The molecular weight excluding hydrogens is 282 g/mol. The van der Waals surface area contributed by atoms with Crippen LogP contribution in [0.5, 0.6) is 5.75 Å². The van der Waals surface area contributed by atoms with E-state index in [4.69, 9.17) is 9.47 Å². The SMILES string of the molecule is Cc1cc(C)cc(OC(=O)CCCNC(=O)OC(C)(C)C)c1. The number of benzene rings is 1. The lowest BCUT2D eigenvalue weighted by atomic mass is 10.1. The van der Waals surface area contributed by atoms with Crippen molar-refractivity contribution in [3.8, 4) is 5.75 Å². The highest BCUT2D eigenvalue weighted by atomic mass is 16.6. The van der Waals surface area contributed by atoms with Crippen molar-refractivity contribution in [3.63, 3.8) is 0 Å². The number of alkyl carbamates (subject to hydrolysis) is 1. The molecule has 0 fully saturated rings. The first-order valence-electron chi connectivity index (χ1n) is 7.41. The third-order valence-electron chi connectivity index (χ3n) is 2.65. The van der Waals surface area contributed by atoms with Crippen molar-refractivity contribution in [1.82, 2.24) is 5.32 Å². The third kappa shape index (κ3) is 7.67. The van der Waals surface area contributed by atoms with E-state index in [1.807, 2.05) is 32.0 Å². The lowest BCUT2D eigenvalue weighted by Gasteiger charge is -2.19. The smallest absolute Gasteiger partial charge is 0.407 e. The molecule has 5 heteroatoms. The Morgan fingerprint density at radius 2 is 1.68 bits per heavy atom. The van der Waals surface area contributed by atoms with Gasteiger partial charge in [-0.1, -0.05) is 6.07 Å². The maximum atomic E-state index is 11.7. The average Bonchev–Trinajstić information content (AvgIpc) is 2.31. The van der Waals surface area contributed by atoms with E-state index in [0.717, 1.165) is 11.1 Å². The molecule has 1 N–H and O–H groups in total. The Morgan fingerprint density at radius 1 is 1.09 bits per heavy atom. The quantitative estimate of drug-likeness (QED) is 0.513. The molecule has 0 bridgehead atoms. The molecular formula is C17H25NO4.